The molecule has 2 nitrogen and oxygen atoms in total. The van der Waals surface area contributed by atoms with Crippen molar-refractivity contribution in [2.75, 3.05) is 13.7 Å². The maximum atomic E-state index is 11.6. The van der Waals surface area contributed by atoms with E-state index in [0.29, 0.717) is 5.56 Å². The molecule has 0 aliphatic heterocycles. The van der Waals surface area contributed by atoms with Crippen LogP contribution in [-0.4, -0.2) is 19.5 Å². The minimum Gasteiger partial charge on any atom is -0.377 e. The Morgan fingerprint density at radius 1 is 0.944 bits per heavy atom. The van der Waals surface area contributed by atoms with Gasteiger partial charge in [0.1, 0.15) is 6.61 Å². The highest BCUT2D eigenvalue weighted by Crippen LogP contribution is 2.20. The molecule has 0 aliphatic rings. The number of carbonyl (C=O) groups is 1. The Labute approximate surface area is 107 Å². The van der Waals surface area contributed by atoms with Crippen LogP contribution in [0.1, 0.15) is 15.9 Å². The second-order valence-electron chi connectivity index (χ2n) is 4.30. The molecule has 0 unspecified atom stereocenters. The van der Waals surface area contributed by atoms with Crippen LogP contribution in [0, 0.1) is 6.92 Å². The lowest BCUT2D eigenvalue weighted by atomic mass is 10.0. The molecular formula is C16H16O2. The van der Waals surface area contributed by atoms with Gasteiger partial charge >= 0.3 is 0 Å². The molecule has 18 heavy (non-hydrogen) atoms. The SMILES string of the molecule is COCC(=O)c1ccc(-c2ccc(C)cc2)cc1. The van der Waals surface area contributed by atoms with Crippen molar-refractivity contribution in [3.05, 3.63) is 59.7 Å². The number of hydrogen-bond donors (Lipinski definition) is 0. The van der Waals surface area contributed by atoms with Crippen LogP contribution >= 0.6 is 0 Å². The van der Waals surface area contributed by atoms with E-state index in [-0.39, 0.29) is 12.4 Å². The molecule has 0 bridgehead atoms. The third-order valence-corrected chi connectivity index (χ3v) is 2.87. The van der Waals surface area contributed by atoms with Crippen LogP contribution in [-0.2, 0) is 4.74 Å². The van der Waals surface area contributed by atoms with Gasteiger partial charge in [-0.3, -0.25) is 4.79 Å². The summed E-state index contributed by atoms with van der Waals surface area (Å²) in [6, 6.07) is 16.0. The lowest BCUT2D eigenvalue weighted by Gasteiger charge is -2.04. The van der Waals surface area contributed by atoms with E-state index < -0.39 is 0 Å². The Morgan fingerprint density at radius 2 is 1.44 bits per heavy atom. The van der Waals surface area contributed by atoms with Gasteiger partial charge in [-0.2, -0.15) is 0 Å². The summed E-state index contributed by atoms with van der Waals surface area (Å²) in [5.41, 5.74) is 4.20. The molecule has 0 saturated heterocycles. The number of carbonyl (C=O) groups excluding carboxylic acids is 1. The number of aryl methyl sites for hydroxylation is 1. The second kappa shape index (κ2) is 5.61. The molecule has 0 fully saturated rings. The van der Waals surface area contributed by atoms with Crippen LogP contribution in [0.4, 0.5) is 0 Å². The van der Waals surface area contributed by atoms with Crippen LogP contribution in [0.15, 0.2) is 48.5 Å². The average molecular weight is 240 g/mol. The fourth-order valence-electron chi connectivity index (χ4n) is 1.81. The molecule has 2 aromatic rings. The maximum absolute atomic E-state index is 11.6. The Hall–Kier alpha value is -1.93. The predicted octanol–water partition coefficient (Wildman–Crippen LogP) is 3.49. The van der Waals surface area contributed by atoms with E-state index in [4.69, 9.17) is 4.74 Å². The highest BCUT2D eigenvalue weighted by Gasteiger charge is 2.05. The first kappa shape index (κ1) is 12.5. The fourth-order valence-corrected chi connectivity index (χ4v) is 1.81. The molecule has 2 heteroatoms. The summed E-state index contributed by atoms with van der Waals surface area (Å²) in [6.45, 7) is 2.19. The molecule has 2 aromatic carbocycles. The zero-order chi connectivity index (χ0) is 13.0. The van der Waals surface area contributed by atoms with Crippen LogP contribution < -0.4 is 0 Å². The van der Waals surface area contributed by atoms with Crippen molar-refractivity contribution in [2.24, 2.45) is 0 Å². The van der Waals surface area contributed by atoms with E-state index >= 15 is 0 Å². The highest BCUT2D eigenvalue weighted by molar-refractivity contribution is 5.97. The molecule has 0 saturated carbocycles. The Balaban J connectivity index is 2.22. The van der Waals surface area contributed by atoms with Crippen molar-refractivity contribution >= 4 is 5.78 Å². The smallest absolute Gasteiger partial charge is 0.188 e. The number of ketones is 1. The standard InChI is InChI=1S/C16H16O2/c1-12-3-5-13(6-4-12)14-7-9-15(10-8-14)16(17)11-18-2/h3-10H,11H2,1-2H3. The Morgan fingerprint density at radius 3 is 1.94 bits per heavy atom. The van der Waals surface area contributed by atoms with Crippen molar-refractivity contribution in [1.82, 2.24) is 0 Å². The van der Waals surface area contributed by atoms with Gasteiger partial charge in [-0.1, -0.05) is 54.1 Å². The van der Waals surface area contributed by atoms with Crippen molar-refractivity contribution in [2.45, 2.75) is 6.92 Å². The molecule has 0 spiro atoms. The zero-order valence-electron chi connectivity index (χ0n) is 10.6. The third kappa shape index (κ3) is 2.84. The summed E-state index contributed by atoms with van der Waals surface area (Å²) in [7, 11) is 1.53. The minimum atomic E-state index is 0.00737. The first-order chi connectivity index (χ1) is 8.70. The molecule has 0 amide bonds. The molecule has 92 valence electrons. The number of Topliss-reactive ketones (excluding diaryl/α,β-unsaturated/α-hetero) is 1. The number of benzene rings is 2. The van der Waals surface area contributed by atoms with Crippen molar-refractivity contribution in [3.63, 3.8) is 0 Å². The molecular weight excluding hydrogens is 224 g/mol. The van der Waals surface area contributed by atoms with Crippen molar-refractivity contribution in [1.29, 1.82) is 0 Å². The van der Waals surface area contributed by atoms with Crippen molar-refractivity contribution < 1.29 is 9.53 Å². The van der Waals surface area contributed by atoms with Gasteiger partial charge in [0, 0.05) is 12.7 Å². The van der Waals surface area contributed by atoms with Gasteiger partial charge in [-0.15, -0.1) is 0 Å². The maximum Gasteiger partial charge on any atom is 0.188 e. The lowest BCUT2D eigenvalue weighted by molar-refractivity contribution is 0.0848. The fraction of sp³-hybridized carbons (Fsp3) is 0.188. The molecule has 2 rings (SSSR count). The quantitative estimate of drug-likeness (QED) is 0.765. The summed E-state index contributed by atoms with van der Waals surface area (Å²) in [6.07, 6.45) is 0. The van der Waals surface area contributed by atoms with E-state index in [0.717, 1.165) is 11.1 Å². The van der Waals surface area contributed by atoms with E-state index in [2.05, 4.69) is 31.2 Å². The molecule has 0 heterocycles. The second-order valence-corrected chi connectivity index (χ2v) is 4.30. The Kier molecular flexibility index (Phi) is 3.90. The zero-order valence-corrected chi connectivity index (χ0v) is 10.6. The van der Waals surface area contributed by atoms with Gasteiger partial charge in [0.25, 0.3) is 0 Å². The first-order valence-corrected chi connectivity index (χ1v) is 5.90. The van der Waals surface area contributed by atoms with E-state index in [1.54, 1.807) is 0 Å². The summed E-state index contributed by atoms with van der Waals surface area (Å²) in [5.74, 6) is 0.00737. The average Bonchev–Trinajstić information content (AvgIpc) is 2.40. The van der Waals surface area contributed by atoms with Gasteiger partial charge in [0.05, 0.1) is 0 Å². The molecule has 0 N–H and O–H groups in total. The van der Waals surface area contributed by atoms with Gasteiger partial charge in [0.15, 0.2) is 5.78 Å². The summed E-state index contributed by atoms with van der Waals surface area (Å²) in [4.78, 5) is 11.6. The summed E-state index contributed by atoms with van der Waals surface area (Å²) < 4.78 is 4.84. The monoisotopic (exact) mass is 240 g/mol. The van der Waals surface area contributed by atoms with Crippen LogP contribution in [0.3, 0.4) is 0 Å². The largest absolute Gasteiger partial charge is 0.377 e. The molecule has 0 atom stereocenters. The molecule has 0 aromatic heterocycles. The van der Waals surface area contributed by atoms with Crippen molar-refractivity contribution in [3.8, 4) is 11.1 Å². The van der Waals surface area contributed by atoms with Gasteiger partial charge in [-0.25, -0.2) is 0 Å². The summed E-state index contributed by atoms with van der Waals surface area (Å²) >= 11 is 0. The number of hydrogen-bond acceptors (Lipinski definition) is 2. The van der Waals surface area contributed by atoms with Crippen LogP contribution in [0.25, 0.3) is 11.1 Å². The van der Waals surface area contributed by atoms with E-state index in [9.17, 15) is 4.79 Å². The molecule has 0 radical (unpaired) electrons. The normalized spacial score (nSPS) is 10.3. The van der Waals surface area contributed by atoms with Gasteiger partial charge in [-0.05, 0) is 18.1 Å². The molecule has 0 aliphatic carbocycles. The topological polar surface area (TPSA) is 26.3 Å². The highest BCUT2D eigenvalue weighted by atomic mass is 16.5. The third-order valence-electron chi connectivity index (χ3n) is 2.87. The number of methoxy groups -OCH3 is 1. The van der Waals surface area contributed by atoms with Gasteiger partial charge < -0.3 is 4.74 Å². The van der Waals surface area contributed by atoms with Crippen LogP contribution in [0.2, 0.25) is 0 Å². The predicted molar refractivity (Wildman–Crippen MR) is 72.8 cm³/mol. The first-order valence-electron chi connectivity index (χ1n) is 5.90. The number of rotatable bonds is 4. The number of ether oxygens (including phenoxy) is 1. The summed E-state index contributed by atoms with van der Waals surface area (Å²) in [5, 5.41) is 0. The van der Waals surface area contributed by atoms with Gasteiger partial charge in [0.2, 0.25) is 0 Å². The van der Waals surface area contributed by atoms with Crippen LogP contribution in [0.5, 0.6) is 0 Å². The Bertz CT molecular complexity index is 524. The minimum absolute atomic E-state index is 0.00737. The lowest BCUT2D eigenvalue weighted by Crippen LogP contribution is -2.06. The van der Waals surface area contributed by atoms with E-state index in [1.807, 2.05) is 24.3 Å². The van der Waals surface area contributed by atoms with E-state index in [1.165, 1.54) is 12.7 Å².